The summed E-state index contributed by atoms with van der Waals surface area (Å²) in [4.78, 5) is 17.5. The van der Waals surface area contributed by atoms with Crippen molar-refractivity contribution in [3.8, 4) is 34.1 Å². The Hall–Kier alpha value is -3.94. The van der Waals surface area contributed by atoms with E-state index in [1.165, 1.54) is 11.7 Å². The van der Waals surface area contributed by atoms with Crippen LogP contribution >= 0.6 is 0 Å². The fourth-order valence-electron chi connectivity index (χ4n) is 4.00. The maximum absolute atomic E-state index is 13.4. The van der Waals surface area contributed by atoms with Gasteiger partial charge in [0.05, 0.1) is 29.6 Å². The molecule has 4 rings (SSSR count). The molecule has 8 heteroatoms. The predicted molar refractivity (Wildman–Crippen MR) is 126 cm³/mol. The molecule has 0 aliphatic rings. The molecule has 0 amide bonds. The first kappa shape index (κ1) is 22.3. The molecule has 1 aromatic carbocycles. The molecule has 0 saturated carbocycles. The summed E-state index contributed by atoms with van der Waals surface area (Å²) in [6.45, 7) is 9.24. The summed E-state index contributed by atoms with van der Waals surface area (Å²) in [7, 11) is 1.51. The molecule has 0 saturated heterocycles. The van der Waals surface area contributed by atoms with E-state index >= 15 is 0 Å². The van der Waals surface area contributed by atoms with E-state index in [0.717, 1.165) is 22.1 Å². The van der Waals surface area contributed by atoms with Crippen LogP contribution in [0.25, 0.3) is 33.4 Å². The number of methoxy groups -OCH3 is 1. The van der Waals surface area contributed by atoms with Gasteiger partial charge in [-0.3, -0.25) is 4.98 Å². The summed E-state index contributed by atoms with van der Waals surface area (Å²) in [6, 6.07) is 8.73. The van der Waals surface area contributed by atoms with Crippen molar-refractivity contribution >= 4 is 17.0 Å². The van der Waals surface area contributed by atoms with Crippen LogP contribution in [0.3, 0.4) is 0 Å². The highest BCUT2D eigenvalue weighted by molar-refractivity contribution is 6.02. The summed E-state index contributed by atoms with van der Waals surface area (Å²) >= 11 is 0. The van der Waals surface area contributed by atoms with Crippen molar-refractivity contribution in [1.29, 1.82) is 0 Å². The number of rotatable bonds is 3. The second-order valence-corrected chi connectivity index (χ2v) is 8.83. The quantitative estimate of drug-likeness (QED) is 0.457. The SMILES string of the molecule is COc1nnc(-c2ccncc2)cc1-c1c(C)c2c(C)cc(O)cc2n1C(=O)OC(C)(C)C. The number of fused-ring (bicyclic) bond motifs is 1. The minimum absolute atomic E-state index is 0.0613. The van der Waals surface area contributed by atoms with E-state index in [1.54, 1.807) is 24.5 Å². The van der Waals surface area contributed by atoms with Gasteiger partial charge in [0.15, 0.2) is 0 Å². The number of carbonyl (C=O) groups excluding carboxylic acids is 1. The van der Waals surface area contributed by atoms with E-state index in [1.807, 2.05) is 52.8 Å². The minimum atomic E-state index is -0.715. The lowest BCUT2D eigenvalue weighted by Gasteiger charge is -2.21. The Morgan fingerprint density at radius 2 is 1.76 bits per heavy atom. The predicted octanol–water partition coefficient (Wildman–Crippen LogP) is 5.27. The van der Waals surface area contributed by atoms with Gasteiger partial charge in [0.1, 0.15) is 11.4 Å². The fraction of sp³-hybridized carbons (Fsp3) is 0.280. The second kappa shape index (κ2) is 8.20. The maximum atomic E-state index is 13.4. The summed E-state index contributed by atoms with van der Waals surface area (Å²) in [5, 5.41) is 19.7. The van der Waals surface area contributed by atoms with Crippen LogP contribution in [0.15, 0.2) is 42.7 Å². The Morgan fingerprint density at radius 3 is 2.39 bits per heavy atom. The zero-order valence-electron chi connectivity index (χ0n) is 19.5. The number of carbonyl (C=O) groups is 1. The molecule has 170 valence electrons. The highest BCUT2D eigenvalue weighted by atomic mass is 16.6. The van der Waals surface area contributed by atoms with Crippen molar-refractivity contribution in [3.63, 3.8) is 0 Å². The molecule has 3 heterocycles. The van der Waals surface area contributed by atoms with Crippen molar-refractivity contribution in [3.05, 3.63) is 53.9 Å². The van der Waals surface area contributed by atoms with Crippen LogP contribution < -0.4 is 4.74 Å². The van der Waals surface area contributed by atoms with Gasteiger partial charge in [-0.15, -0.1) is 10.2 Å². The van der Waals surface area contributed by atoms with E-state index in [4.69, 9.17) is 9.47 Å². The molecule has 0 aliphatic heterocycles. The molecule has 0 aliphatic carbocycles. The Bertz CT molecular complexity index is 1350. The van der Waals surface area contributed by atoms with Crippen LogP contribution in [-0.2, 0) is 4.74 Å². The van der Waals surface area contributed by atoms with E-state index in [-0.39, 0.29) is 11.6 Å². The average molecular weight is 447 g/mol. The smallest absolute Gasteiger partial charge is 0.419 e. The summed E-state index contributed by atoms with van der Waals surface area (Å²) < 4.78 is 12.7. The molecule has 0 atom stereocenters. The molecule has 8 nitrogen and oxygen atoms in total. The molecule has 4 aromatic rings. The average Bonchev–Trinajstić information content (AvgIpc) is 3.05. The highest BCUT2D eigenvalue weighted by Crippen LogP contribution is 2.41. The van der Waals surface area contributed by atoms with Crippen molar-refractivity contribution in [1.82, 2.24) is 19.7 Å². The first-order chi connectivity index (χ1) is 15.6. The fourth-order valence-corrected chi connectivity index (χ4v) is 4.00. The van der Waals surface area contributed by atoms with E-state index < -0.39 is 11.7 Å². The minimum Gasteiger partial charge on any atom is -0.508 e. The van der Waals surface area contributed by atoms with Gasteiger partial charge >= 0.3 is 6.09 Å². The zero-order chi connectivity index (χ0) is 23.9. The number of aryl methyl sites for hydroxylation is 2. The third kappa shape index (κ3) is 4.11. The van der Waals surface area contributed by atoms with Gasteiger partial charge in [0, 0.05) is 29.4 Å². The number of benzene rings is 1. The standard InChI is InChI=1S/C25H26N4O4/c1-14-11-17(30)12-20-21(14)15(2)22(29(20)24(31)33-25(3,4)5)18-13-19(27-28-23(18)32-6)16-7-9-26-10-8-16/h7-13,30H,1-6H3. The number of aromatic hydroxyl groups is 1. The van der Waals surface area contributed by atoms with Crippen molar-refractivity contribution in [2.24, 2.45) is 0 Å². The molecule has 0 fully saturated rings. The molecule has 0 bridgehead atoms. The number of nitrogens with zero attached hydrogens (tertiary/aromatic N) is 4. The normalized spacial score (nSPS) is 11.6. The van der Waals surface area contributed by atoms with Crippen LogP contribution in [0.2, 0.25) is 0 Å². The Labute approximate surface area is 191 Å². The lowest BCUT2D eigenvalue weighted by atomic mass is 10.0. The number of hydrogen-bond acceptors (Lipinski definition) is 7. The van der Waals surface area contributed by atoms with Gasteiger partial charge in [0.25, 0.3) is 0 Å². The van der Waals surface area contributed by atoms with E-state index in [2.05, 4.69) is 15.2 Å². The van der Waals surface area contributed by atoms with Crippen LogP contribution in [0.1, 0.15) is 31.9 Å². The van der Waals surface area contributed by atoms with Crippen molar-refractivity contribution in [2.45, 2.75) is 40.2 Å². The van der Waals surface area contributed by atoms with Gasteiger partial charge in [-0.2, -0.15) is 0 Å². The molecular weight excluding hydrogens is 420 g/mol. The molecule has 1 N–H and O–H groups in total. The van der Waals surface area contributed by atoms with Gasteiger partial charge in [-0.05, 0) is 70.0 Å². The van der Waals surface area contributed by atoms with E-state index in [0.29, 0.717) is 22.5 Å². The van der Waals surface area contributed by atoms with Crippen molar-refractivity contribution < 1.29 is 19.4 Å². The lowest BCUT2D eigenvalue weighted by Crippen LogP contribution is -2.27. The van der Waals surface area contributed by atoms with Gasteiger partial charge in [-0.25, -0.2) is 9.36 Å². The van der Waals surface area contributed by atoms with Crippen LogP contribution in [-0.4, -0.2) is 43.7 Å². The Balaban J connectivity index is 2.07. The van der Waals surface area contributed by atoms with Gasteiger partial charge in [-0.1, -0.05) is 0 Å². The molecule has 0 unspecified atom stereocenters. The first-order valence-corrected chi connectivity index (χ1v) is 10.5. The Kier molecular flexibility index (Phi) is 5.53. The zero-order valence-corrected chi connectivity index (χ0v) is 19.5. The molecule has 0 radical (unpaired) electrons. The monoisotopic (exact) mass is 446 g/mol. The molecular formula is C25H26N4O4. The lowest BCUT2D eigenvalue weighted by molar-refractivity contribution is 0.0547. The second-order valence-electron chi connectivity index (χ2n) is 8.83. The number of phenolic OH excluding ortho intramolecular Hbond substituents is 1. The summed E-state index contributed by atoms with van der Waals surface area (Å²) in [5.74, 6) is 0.330. The molecule has 0 spiro atoms. The Morgan fingerprint density at radius 1 is 1.06 bits per heavy atom. The number of aromatic nitrogens is 4. The summed E-state index contributed by atoms with van der Waals surface area (Å²) in [5.41, 5.74) is 4.07. The number of ether oxygens (including phenoxy) is 2. The van der Waals surface area contributed by atoms with E-state index in [9.17, 15) is 9.90 Å². The number of phenols is 1. The summed E-state index contributed by atoms with van der Waals surface area (Å²) in [6.07, 6.45) is 2.79. The van der Waals surface area contributed by atoms with Crippen LogP contribution in [0.5, 0.6) is 11.6 Å². The third-order valence-corrected chi connectivity index (χ3v) is 5.25. The number of hydrogen-bond donors (Lipinski definition) is 1. The maximum Gasteiger partial charge on any atom is 0.419 e. The molecule has 33 heavy (non-hydrogen) atoms. The number of pyridine rings is 1. The third-order valence-electron chi connectivity index (χ3n) is 5.25. The van der Waals surface area contributed by atoms with Crippen molar-refractivity contribution in [2.75, 3.05) is 7.11 Å². The van der Waals surface area contributed by atoms with Gasteiger partial charge in [0.2, 0.25) is 5.88 Å². The molecule has 3 aromatic heterocycles. The highest BCUT2D eigenvalue weighted by Gasteiger charge is 2.28. The van der Waals surface area contributed by atoms with Gasteiger partial charge < -0.3 is 14.6 Å². The largest absolute Gasteiger partial charge is 0.508 e. The van der Waals surface area contributed by atoms with Crippen LogP contribution in [0, 0.1) is 13.8 Å². The topological polar surface area (TPSA) is 99.4 Å². The first-order valence-electron chi connectivity index (χ1n) is 10.5. The van der Waals surface area contributed by atoms with Crippen LogP contribution in [0.4, 0.5) is 4.79 Å².